The number of nitrogens with zero attached hydrogens (tertiary/aromatic N) is 3. The van der Waals surface area contributed by atoms with Crippen LogP contribution in [0.2, 0.25) is 0 Å². The normalized spacial score (nSPS) is 10.6. The van der Waals surface area contributed by atoms with E-state index in [0.717, 1.165) is 27.9 Å². The highest BCUT2D eigenvalue weighted by Crippen LogP contribution is 2.32. The number of aromatic nitrogens is 2. The second-order valence-corrected chi connectivity index (χ2v) is 6.25. The number of hydrogen-bond acceptors (Lipinski definition) is 3. The molecule has 0 aliphatic heterocycles. The predicted molar refractivity (Wildman–Crippen MR) is 105 cm³/mol. The molecule has 0 fully saturated rings. The number of fused-ring (bicyclic) bond motifs is 1. The molecule has 1 aromatic heterocycles. The number of anilines is 1. The van der Waals surface area contributed by atoms with Crippen molar-refractivity contribution in [3.63, 3.8) is 0 Å². The third-order valence-corrected chi connectivity index (χ3v) is 4.61. The van der Waals surface area contributed by atoms with Crippen molar-refractivity contribution in [2.24, 2.45) is 7.05 Å². The third-order valence-electron chi connectivity index (χ3n) is 4.61. The number of rotatable bonds is 4. The highest BCUT2D eigenvalue weighted by atomic mass is 15.0. The van der Waals surface area contributed by atoms with Crippen LogP contribution in [0.4, 0.5) is 5.69 Å². The van der Waals surface area contributed by atoms with Gasteiger partial charge >= 0.3 is 0 Å². The number of benzene rings is 3. The van der Waals surface area contributed by atoms with Crippen molar-refractivity contribution in [1.82, 2.24) is 9.55 Å². The van der Waals surface area contributed by atoms with E-state index in [1.54, 1.807) is 6.33 Å². The molecule has 0 saturated carbocycles. The van der Waals surface area contributed by atoms with Gasteiger partial charge in [-0.15, -0.1) is 0 Å². The molecule has 0 amide bonds. The summed E-state index contributed by atoms with van der Waals surface area (Å²) in [5, 5.41) is 15.3. The molecule has 0 aliphatic carbocycles. The zero-order chi connectivity index (χ0) is 17.9. The van der Waals surface area contributed by atoms with E-state index in [0.29, 0.717) is 12.1 Å². The van der Waals surface area contributed by atoms with Crippen LogP contribution in [0, 0.1) is 11.3 Å². The lowest BCUT2D eigenvalue weighted by molar-refractivity contribution is 0.837. The molecule has 0 bridgehead atoms. The van der Waals surface area contributed by atoms with Crippen LogP contribution in [-0.2, 0) is 13.6 Å². The number of nitriles is 1. The zero-order valence-electron chi connectivity index (χ0n) is 14.5. The van der Waals surface area contributed by atoms with Gasteiger partial charge in [0.25, 0.3) is 0 Å². The summed E-state index contributed by atoms with van der Waals surface area (Å²) in [4.78, 5) is 4.14. The molecule has 4 heteroatoms. The van der Waals surface area contributed by atoms with E-state index in [2.05, 4.69) is 46.7 Å². The Morgan fingerprint density at radius 2 is 1.88 bits per heavy atom. The van der Waals surface area contributed by atoms with E-state index >= 15 is 0 Å². The molecule has 4 aromatic rings. The minimum atomic E-state index is 0.674. The monoisotopic (exact) mass is 338 g/mol. The van der Waals surface area contributed by atoms with Crippen molar-refractivity contribution in [1.29, 1.82) is 5.26 Å². The van der Waals surface area contributed by atoms with Crippen LogP contribution in [0.25, 0.3) is 21.9 Å². The number of imidazole rings is 1. The molecule has 1 heterocycles. The summed E-state index contributed by atoms with van der Waals surface area (Å²) in [6.07, 6.45) is 3.64. The van der Waals surface area contributed by atoms with E-state index in [-0.39, 0.29) is 0 Å². The third kappa shape index (κ3) is 2.91. The summed E-state index contributed by atoms with van der Waals surface area (Å²) in [5.74, 6) is 0. The van der Waals surface area contributed by atoms with Crippen molar-refractivity contribution in [2.75, 3.05) is 5.32 Å². The molecule has 4 rings (SSSR count). The Bertz CT molecular complexity index is 1110. The Kier molecular flexibility index (Phi) is 4.12. The van der Waals surface area contributed by atoms with Crippen molar-refractivity contribution in [2.45, 2.75) is 6.54 Å². The van der Waals surface area contributed by atoms with Gasteiger partial charge < -0.3 is 9.88 Å². The fraction of sp³-hybridized carbons (Fsp3) is 0.0909. The lowest BCUT2D eigenvalue weighted by atomic mass is 9.94. The molecule has 0 radical (unpaired) electrons. The molecular weight excluding hydrogens is 320 g/mol. The number of aryl methyl sites for hydroxylation is 1. The lowest BCUT2D eigenvalue weighted by Gasteiger charge is -2.12. The highest BCUT2D eigenvalue weighted by Gasteiger charge is 2.10. The van der Waals surface area contributed by atoms with Crippen LogP contribution < -0.4 is 5.32 Å². The first-order chi connectivity index (χ1) is 12.8. The predicted octanol–water partition coefficient (Wildman–Crippen LogP) is 4.72. The Balaban J connectivity index is 1.75. The highest BCUT2D eigenvalue weighted by molar-refractivity contribution is 5.98. The Labute approximate surface area is 152 Å². The Morgan fingerprint density at radius 1 is 1.04 bits per heavy atom. The lowest BCUT2D eigenvalue weighted by Crippen LogP contribution is -2.04. The first kappa shape index (κ1) is 15.9. The first-order valence-electron chi connectivity index (χ1n) is 8.47. The summed E-state index contributed by atoms with van der Waals surface area (Å²) >= 11 is 0. The standard InChI is InChI=1S/C22H18N4/c1-26-15-24-13-19(26)14-25-18-10-9-17(12-23)22(11-18)21-8-4-6-16-5-2-3-7-20(16)21/h2-11,13,15,25H,14H2,1H3. The summed E-state index contributed by atoms with van der Waals surface area (Å²) in [6, 6.07) is 22.7. The second kappa shape index (κ2) is 6.73. The maximum atomic E-state index is 9.58. The molecule has 0 spiro atoms. The van der Waals surface area contributed by atoms with Crippen molar-refractivity contribution >= 4 is 16.5 Å². The van der Waals surface area contributed by atoms with Crippen molar-refractivity contribution in [3.05, 3.63) is 84.4 Å². The van der Waals surface area contributed by atoms with Crippen LogP contribution >= 0.6 is 0 Å². The minimum absolute atomic E-state index is 0.674. The van der Waals surface area contributed by atoms with Gasteiger partial charge in [0.15, 0.2) is 0 Å². The number of nitrogens with one attached hydrogen (secondary N) is 1. The van der Waals surface area contributed by atoms with Crippen LogP contribution in [-0.4, -0.2) is 9.55 Å². The van der Waals surface area contributed by atoms with Gasteiger partial charge in [0.1, 0.15) is 0 Å². The van der Waals surface area contributed by atoms with Crippen molar-refractivity contribution < 1.29 is 0 Å². The molecule has 0 unspecified atom stereocenters. The van der Waals surface area contributed by atoms with Gasteiger partial charge in [0.05, 0.1) is 30.2 Å². The molecular formula is C22H18N4. The fourth-order valence-electron chi connectivity index (χ4n) is 3.18. The van der Waals surface area contributed by atoms with Gasteiger partial charge in [0.2, 0.25) is 0 Å². The fourth-order valence-corrected chi connectivity index (χ4v) is 3.18. The van der Waals surface area contributed by atoms with E-state index in [4.69, 9.17) is 0 Å². The van der Waals surface area contributed by atoms with E-state index in [9.17, 15) is 5.26 Å². The first-order valence-corrected chi connectivity index (χ1v) is 8.47. The van der Waals surface area contributed by atoms with Gasteiger partial charge in [0, 0.05) is 24.5 Å². The van der Waals surface area contributed by atoms with Crippen LogP contribution in [0.1, 0.15) is 11.3 Å². The average Bonchev–Trinajstić information content (AvgIpc) is 3.10. The molecule has 4 nitrogen and oxygen atoms in total. The topological polar surface area (TPSA) is 53.6 Å². The van der Waals surface area contributed by atoms with Crippen LogP contribution in [0.15, 0.2) is 73.2 Å². The summed E-state index contributed by atoms with van der Waals surface area (Å²) in [7, 11) is 1.98. The average molecular weight is 338 g/mol. The second-order valence-electron chi connectivity index (χ2n) is 6.25. The van der Waals surface area contributed by atoms with Gasteiger partial charge in [-0.25, -0.2) is 4.98 Å². The van der Waals surface area contributed by atoms with E-state index in [1.807, 2.05) is 48.1 Å². The van der Waals surface area contributed by atoms with Gasteiger partial charge in [-0.05, 0) is 34.5 Å². The smallest absolute Gasteiger partial charge is 0.0998 e. The van der Waals surface area contributed by atoms with E-state index in [1.165, 1.54) is 5.39 Å². The summed E-state index contributed by atoms with van der Waals surface area (Å²) < 4.78 is 1.99. The van der Waals surface area contributed by atoms with E-state index < -0.39 is 0 Å². The van der Waals surface area contributed by atoms with Gasteiger partial charge in [-0.2, -0.15) is 5.26 Å². The Morgan fingerprint density at radius 3 is 2.69 bits per heavy atom. The summed E-state index contributed by atoms with van der Waals surface area (Å²) in [6.45, 7) is 0.678. The molecule has 0 atom stereocenters. The van der Waals surface area contributed by atoms with Gasteiger partial charge in [-0.3, -0.25) is 0 Å². The molecule has 0 aliphatic rings. The molecule has 3 aromatic carbocycles. The molecule has 1 N–H and O–H groups in total. The van der Waals surface area contributed by atoms with Crippen LogP contribution in [0.5, 0.6) is 0 Å². The maximum Gasteiger partial charge on any atom is 0.0998 e. The zero-order valence-corrected chi connectivity index (χ0v) is 14.5. The molecule has 26 heavy (non-hydrogen) atoms. The quantitative estimate of drug-likeness (QED) is 0.585. The molecule has 0 saturated heterocycles. The van der Waals surface area contributed by atoms with Gasteiger partial charge in [-0.1, -0.05) is 42.5 Å². The minimum Gasteiger partial charge on any atom is -0.379 e. The molecule has 126 valence electrons. The largest absolute Gasteiger partial charge is 0.379 e. The number of hydrogen-bond donors (Lipinski definition) is 1. The summed E-state index contributed by atoms with van der Waals surface area (Å²) in [5.41, 5.74) is 4.77. The van der Waals surface area contributed by atoms with Crippen LogP contribution in [0.3, 0.4) is 0 Å². The van der Waals surface area contributed by atoms with Crippen molar-refractivity contribution in [3.8, 4) is 17.2 Å². The maximum absolute atomic E-state index is 9.58. The Hall–Kier alpha value is -3.58. The SMILES string of the molecule is Cn1cncc1CNc1ccc(C#N)c(-c2cccc3ccccc23)c1.